The average Bonchev–Trinajstić information content (AvgIpc) is 2.16. The first kappa shape index (κ1) is 10.4. The molecule has 0 bridgehead atoms. The summed E-state index contributed by atoms with van der Waals surface area (Å²) < 4.78 is 5.77. The lowest BCUT2D eigenvalue weighted by molar-refractivity contribution is -0.0795. The molecule has 0 aromatic rings. The van der Waals surface area contributed by atoms with Gasteiger partial charge in [0.2, 0.25) is 0 Å². The lowest BCUT2D eigenvalue weighted by Crippen LogP contribution is -2.55. The molecule has 14 heavy (non-hydrogen) atoms. The Balaban J connectivity index is 2.01. The van der Waals surface area contributed by atoms with Gasteiger partial charge in [0.25, 0.3) is 0 Å². The molecule has 82 valence electrons. The third-order valence-corrected chi connectivity index (χ3v) is 4.37. The van der Waals surface area contributed by atoms with E-state index in [4.69, 9.17) is 10.5 Å². The maximum atomic E-state index is 6.37. The molecule has 0 spiro atoms. The molecule has 2 fully saturated rings. The van der Waals surface area contributed by atoms with Crippen LogP contribution in [-0.4, -0.2) is 18.8 Å². The van der Waals surface area contributed by atoms with E-state index < -0.39 is 0 Å². The summed E-state index contributed by atoms with van der Waals surface area (Å²) in [5.74, 6) is 0.744. The number of hydrogen-bond donors (Lipinski definition) is 1. The van der Waals surface area contributed by atoms with Crippen molar-refractivity contribution in [1.82, 2.24) is 0 Å². The molecular formula is C12H23NO. The summed E-state index contributed by atoms with van der Waals surface area (Å²) in [6.07, 6.45) is 10.4. The fourth-order valence-corrected chi connectivity index (χ4v) is 3.05. The first-order valence-corrected chi connectivity index (χ1v) is 6.09. The Bertz CT molecular complexity index is 183. The second kappa shape index (κ2) is 4.19. The van der Waals surface area contributed by atoms with Gasteiger partial charge >= 0.3 is 0 Å². The number of hydrogen-bond acceptors (Lipinski definition) is 2. The topological polar surface area (TPSA) is 35.2 Å². The van der Waals surface area contributed by atoms with Crippen LogP contribution in [0.1, 0.15) is 51.4 Å². The molecule has 0 aromatic carbocycles. The van der Waals surface area contributed by atoms with Crippen LogP contribution in [0.4, 0.5) is 0 Å². The van der Waals surface area contributed by atoms with Crippen molar-refractivity contribution < 1.29 is 4.74 Å². The van der Waals surface area contributed by atoms with Crippen LogP contribution in [0.3, 0.4) is 0 Å². The van der Waals surface area contributed by atoms with Crippen LogP contribution in [0.2, 0.25) is 0 Å². The molecule has 0 aliphatic heterocycles. The fourth-order valence-electron chi connectivity index (χ4n) is 3.05. The van der Waals surface area contributed by atoms with Crippen LogP contribution in [0.25, 0.3) is 0 Å². The molecule has 1 unspecified atom stereocenters. The quantitative estimate of drug-likeness (QED) is 0.754. The molecular weight excluding hydrogens is 174 g/mol. The molecule has 0 radical (unpaired) electrons. The largest absolute Gasteiger partial charge is 0.377 e. The zero-order valence-electron chi connectivity index (χ0n) is 9.30. The van der Waals surface area contributed by atoms with E-state index in [1.54, 1.807) is 0 Å². The summed E-state index contributed by atoms with van der Waals surface area (Å²) in [5, 5.41) is 0. The monoisotopic (exact) mass is 197 g/mol. The van der Waals surface area contributed by atoms with Crippen molar-refractivity contribution in [2.75, 3.05) is 7.11 Å². The number of methoxy groups -OCH3 is 1. The van der Waals surface area contributed by atoms with E-state index in [9.17, 15) is 0 Å². The molecule has 0 amide bonds. The number of ether oxygens (including phenoxy) is 1. The zero-order valence-corrected chi connectivity index (χ0v) is 9.30. The Hall–Kier alpha value is -0.0800. The smallest absolute Gasteiger partial charge is 0.0831 e. The van der Waals surface area contributed by atoms with Crippen molar-refractivity contribution in [2.24, 2.45) is 11.7 Å². The van der Waals surface area contributed by atoms with E-state index in [0.717, 1.165) is 5.92 Å². The van der Waals surface area contributed by atoms with Gasteiger partial charge in [0.05, 0.1) is 5.60 Å². The van der Waals surface area contributed by atoms with Crippen molar-refractivity contribution in [3.05, 3.63) is 0 Å². The highest BCUT2D eigenvalue weighted by atomic mass is 16.5. The minimum atomic E-state index is 0.0311. The Morgan fingerprint density at radius 1 is 1.14 bits per heavy atom. The van der Waals surface area contributed by atoms with Crippen molar-refractivity contribution in [3.8, 4) is 0 Å². The Kier molecular flexibility index (Phi) is 3.13. The van der Waals surface area contributed by atoms with Crippen molar-refractivity contribution in [1.29, 1.82) is 0 Å². The summed E-state index contributed by atoms with van der Waals surface area (Å²) in [6.45, 7) is 0. The lowest BCUT2D eigenvalue weighted by Gasteiger charge is -2.46. The second-order valence-corrected chi connectivity index (χ2v) is 5.05. The van der Waals surface area contributed by atoms with Gasteiger partial charge in [-0.05, 0) is 31.6 Å². The molecule has 0 heterocycles. The van der Waals surface area contributed by atoms with Crippen LogP contribution < -0.4 is 5.73 Å². The van der Waals surface area contributed by atoms with Crippen LogP contribution in [0, 0.1) is 5.92 Å². The molecule has 2 N–H and O–H groups in total. The number of nitrogens with two attached hydrogens (primary N) is 1. The summed E-state index contributed by atoms with van der Waals surface area (Å²) in [6, 6.07) is 0.293. The maximum Gasteiger partial charge on any atom is 0.0831 e. The predicted molar refractivity (Wildman–Crippen MR) is 58.1 cm³/mol. The van der Waals surface area contributed by atoms with Crippen molar-refractivity contribution >= 4 is 0 Å². The highest BCUT2D eigenvalue weighted by molar-refractivity contribution is 4.98. The molecule has 2 nitrogen and oxygen atoms in total. The summed E-state index contributed by atoms with van der Waals surface area (Å²) in [7, 11) is 1.85. The Morgan fingerprint density at radius 2 is 1.79 bits per heavy atom. The molecule has 2 heteroatoms. The summed E-state index contributed by atoms with van der Waals surface area (Å²) in [4.78, 5) is 0. The van der Waals surface area contributed by atoms with E-state index in [1.165, 1.54) is 51.4 Å². The summed E-state index contributed by atoms with van der Waals surface area (Å²) in [5.41, 5.74) is 6.41. The van der Waals surface area contributed by atoms with E-state index in [2.05, 4.69) is 0 Å². The fraction of sp³-hybridized carbons (Fsp3) is 1.00. The van der Waals surface area contributed by atoms with Gasteiger partial charge in [-0.2, -0.15) is 0 Å². The molecule has 0 aromatic heterocycles. The minimum Gasteiger partial charge on any atom is -0.377 e. The lowest BCUT2D eigenvalue weighted by atomic mass is 9.68. The van der Waals surface area contributed by atoms with Crippen LogP contribution in [-0.2, 0) is 4.74 Å². The third kappa shape index (κ3) is 1.70. The molecule has 1 atom stereocenters. The summed E-state index contributed by atoms with van der Waals surface area (Å²) >= 11 is 0. The standard InChI is InChI=1S/C12H23NO/c1-14-12(8-3-2-4-9-12)11(13)10-6-5-7-10/h10-11H,2-9,13H2,1H3. The van der Waals surface area contributed by atoms with E-state index in [1.807, 2.05) is 7.11 Å². The predicted octanol–water partition coefficient (Wildman–Crippen LogP) is 2.46. The highest BCUT2D eigenvalue weighted by Crippen LogP contribution is 2.41. The molecule has 2 aliphatic rings. The zero-order chi connectivity index (χ0) is 10.0. The van der Waals surface area contributed by atoms with Gasteiger partial charge in [-0.3, -0.25) is 0 Å². The highest BCUT2D eigenvalue weighted by Gasteiger charge is 2.43. The van der Waals surface area contributed by atoms with Crippen LogP contribution in [0.15, 0.2) is 0 Å². The normalized spacial score (nSPS) is 29.6. The second-order valence-electron chi connectivity index (χ2n) is 5.05. The molecule has 2 saturated carbocycles. The Labute approximate surface area is 87.2 Å². The van der Waals surface area contributed by atoms with Gasteiger partial charge in [-0.25, -0.2) is 0 Å². The number of rotatable bonds is 3. The van der Waals surface area contributed by atoms with E-state index in [-0.39, 0.29) is 5.60 Å². The molecule has 2 rings (SSSR count). The van der Waals surface area contributed by atoms with Crippen LogP contribution >= 0.6 is 0 Å². The first-order chi connectivity index (χ1) is 6.78. The van der Waals surface area contributed by atoms with E-state index >= 15 is 0 Å². The van der Waals surface area contributed by atoms with E-state index in [0.29, 0.717) is 6.04 Å². The molecule has 2 aliphatic carbocycles. The van der Waals surface area contributed by atoms with Gasteiger partial charge in [-0.1, -0.05) is 25.7 Å². The van der Waals surface area contributed by atoms with Gasteiger partial charge in [0, 0.05) is 13.2 Å². The first-order valence-electron chi connectivity index (χ1n) is 6.09. The SMILES string of the molecule is COC1(C(N)C2CCC2)CCCCC1. The van der Waals surface area contributed by atoms with Gasteiger partial charge in [0.1, 0.15) is 0 Å². The van der Waals surface area contributed by atoms with Crippen molar-refractivity contribution in [3.63, 3.8) is 0 Å². The van der Waals surface area contributed by atoms with Crippen molar-refractivity contribution in [2.45, 2.75) is 63.0 Å². The molecule has 0 saturated heterocycles. The van der Waals surface area contributed by atoms with Gasteiger partial charge in [0.15, 0.2) is 0 Å². The maximum absolute atomic E-state index is 6.37. The average molecular weight is 197 g/mol. The van der Waals surface area contributed by atoms with Gasteiger partial charge in [-0.15, -0.1) is 0 Å². The van der Waals surface area contributed by atoms with Crippen LogP contribution in [0.5, 0.6) is 0 Å². The minimum absolute atomic E-state index is 0.0311. The third-order valence-electron chi connectivity index (χ3n) is 4.37. The van der Waals surface area contributed by atoms with Gasteiger partial charge < -0.3 is 10.5 Å². The Morgan fingerprint density at radius 3 is 2.21 bits per heavy atom.